The Morgan fingerprint density at radius 1 is 1.03 bits per heavy atom. The summed E-state index contributed by atoms with van der Waals surface area (Å²) < 4.78 is 64.8. The second kappa shape index (κ2) is 9.46. The molecule has 6 nitrogen and oxygen atoms in total. The van der Waals surface area contributed by atoms with Crippen molar-refractivity contribution in [3.05, 3.63) is 64.7 Å². The van der Waals surface area contributed by atoms with E-state index in [1.54, 1.807) is 6.07 Å². The summed E-state index contributed by atoms with van der Waals surface area (Å²) in [4.78, 5) is 14.1. The third-order valence-corrected chi connectivity index (χ3v) is 7.11. The average molecular weight is 476 g/mol. The van der Waals surface area contributed by atoms with Gasteiger partial charge in [0, 0.05) is 38.3 Å². The Balaban J connectivity index is 1.52. The van der Waals surface area contributed by atoms with E-state index in [0.29, 0.717) is 18.1 Å². The molecule has 0 bridgehead atoms. The first-order chi connectivity index (χ1) is 14.6. The largest absolute Gasteiger partial charge is 0.416 e. The van der Waals surface area contributed by atoms with Gasteiger partial charge in [-0.15, -0.1) is 0 Å². The molecule has 0 aromatic heterocycles. The zero-order valence-electron chi connectivity index (χ0n) is 16.4. The van der Waals surface area contributed by atoms with Gasteiger partial charge in [0.1, 0.15) is 0 Å². The zero-order valence-corrected chi connectivity index (χ0v) is 18.0. The molecule has 1 aliphatic heterocycles. The number of carbonyl (C=O) groups is 1. The van der Waals surface area contributed by atoms with Gasteiger partial charge in [-0.3, -0.25) is 4.79 Å². The highest BCUT2D eigenvalue weighted by Gasteiger charge is 2.31. The number of rotatable bonds is 6. The minimum absolute atomic E-state index is 0.180. The van der Waals surface area contributed by atoms with E-state index in [2.05, 4.69) is 5.32 Å². The van der Waals surface area contributed by atoms with Crippen LogP contribution in [0.25, 0.3) is 0 Å². The first kappa shape index (κ1) is 23.4. The molecule has 3 rings (SSSR count). The lowest BCUT2D eigenvalue weighted by molar-refractivity contribution is -0.137. The monoisotopic (exact) mass is 475 g/mol. The van der Waals surface area contributed by atoms with E-state index in [4.69, 9.17) is 11.6 Å². The van der Waals surface area contributed by atoms with Crippen molar-refractivity contribution in [2.24, 2.45) is 0 Å². The fourth-order valence-corrected chi connectivity index (χ4v) is 4.87. The Hall–Kier alpha value is -2.30. The highest BCUT2D eigenvalue weighted by molar-refractivity contribution is 7.89. The zero-order chi connectivity index (χ0) is 22.6. The fraction of sp³-hybridized carbons (Fsp3) is 0.350. The van der Waals surface area contributed by atoms with Crippen LogP contribution < -0.4 is 10.2 Å². The molecule has 0 saturated carbocycles. The molecule has 1 fully saturated rings. The summed E-state index contributed by atoms with van der Waals surface area (Å²) in [7, 11) is -3.63. The molecule has 1 aliphatic rings. The summed E-state index contributed by atoms with van der Waals surface area (Å²) in [6.07, 6.45) is -4.56. The van der Waals surface area contributed by atoms with Gasteiger partial charge in [-0.05, 0) is 30.3 Å². The third kappa shape index (κ3) is 5.90. The van der Waals surface area contributed by atoms with Crippen LogP contribution in [0.1, 0.15) is 15.9 Å². The summed E-state index contributed by atoms with van der Waals surface area (Å²) in [5.41, 5.74) is -0.278. The average Bonchev–Trinajstić information content (AvgIpc) is 2.73. The molecule has 0 spiro atoms. The second-order valence-corrected chi connectivity index (χ2v) is 9.48. The minimum atomic E-state index is -4.56. The Morgan fingerprint density at radius 3 is 2.35 bits per heavy atom. The Morgan fingerprint density at radius 2 is 1.71 bits per heavy atom. The quantitative estimate of drug-likeness (QED) is 0.696. The highest BCUT2D eigenvalue weighted by Crippen LogP contribution is 2.29. The normalized spacial score (nSPS) is 15.7. The number of sulfonamides is 1. The number of halogens is 4. The number of para-hydroxylation sites is 1. The number of benzene rings is 2. The first-order valence-corrected chi connectivity index (χ1v) is 11.5. The maximum absolute atomic E-state index is 12.8. The number of hydrogen-bond acceptors (Lipinski definition) is 4. The Bertz CT molecular complexity index is 1040. The van der Waals surface area contributed by atoms with Crippen LogP contribution in [0.2, 0.25) is 5.02 Å². The summed E-state index contributed by atoms with van der Waals surface area (Å²) >= 11 is 6.19. The Kier molecular flexibility index (Phi) is 7.13. The van der Waals surface area contributed by atoms with Crippen LogP contribution in [0, 0.1) is 0 Å². The van der Waals surface area contributed by atoms with E-state index >= 15 is 0 Å². The van der Waals surface area contributed by atoms with Crippen molar-refractivity contribution in [1.82, 2.24) is 9.62 Å². The van der Waals surface area contributed by atoms with Crippen molar-refractivity contribution in [3.63, 3.8) is 0 Å². The van der Waals surface area contributed by atoms with Crippen LogP contribution in [-0.4, -0.2) is 57.1 Å². The van der Waals surface area contributed by atoms with Gasteiger partial charge in [0.05, 0.1) is 22.0 Å². The first-order valence-electron chi connectivity index (χ1n) is 9.51. The molecule has 0 aliphatic carbocycles. The highest BCUT2D eigenvalue weighted by atomic mass is 35.5. The molecule has 1 saturated heterocycles. The van der Waals surface area contributed by atoms with Crippen molar-refractivity contribution in [1.29, 1.82) is 0 Å². The van der Waals surface area contributed by atoms with E-state index in [0.717, 1.165) is 23.9 Å². The topological polar surface area (TPSA) is 69.7 Å². The third-order valence-electron chi connectivity index (χ3n) is 4.92. The van der Waals surface area contributed by atoms with Crippen LogP contribution in [0.4, 0.5) is 18.9 Å². The number of anilines is 1. The Labute approximate surface area is 183 Å². The number of nitrogens with zero attached hydrogens (tertiary/aromatic N) is 2. The second-order valence-electron chi connectivity index (χ2n) is 6.99. The van der Waals surface area contributed by atoms with E-state index in [1.165, 1.54) is 10.4 Å². The minimum Gasteiger partial charge on any atom is -0.368 e. The lowest BCUT2D eigenvalue weighted by Gasteiger charge is -2.35. The lowest BCUT2D eigenvalue weighted by atomic mass is 10.1. The van der Waals surface area contributed by atoms with Gasteiger partial charge in [0.15, 0.2) is 0 Å². The van der Waals surface area contributed by atoms with E-state index in [1.807, 2.05) is 23.1 Å². The predicted octanol–water partition coefficient (Wildman–Crippen LogP) is 3.24. The summed E-state index contributed by atoms with van der Waals surface area (Å²) in [5.74, 6) is -1.10. The van der Waals surface area contributed by atoms with E-state index in [9.17, 15) is 26.4 Å². The van der Waals surface area contributed by atoms with Gasteiger partial charge >= 0.3 is 6.18 Å². The molecule has 0 atom stereocenters. The van der Waals surface area contributed by atoms with E-state index in [-0.39, 0.29) is 31.0 Å². The van der Waals surface area contributed by atoms with Crippen molar-refractivity contribution < 1.29 is 26.4 Å². The summed E-state index contributed by atoms with van der Waals surface area (Å²) in [6.45, 7) is 1.28. The number of alkyl halides is 3. The van der Waals surface area contributed by atoms with Gasteiger partial charge in [-0.25, -0.2) is 8.42 Å². The molecule has 2 aromatic rings. The maximum atomic E-state index is 12.8. The number of nitrogens with one attached hydrogen (secondary N) is 1. The fourth-order valence-electron chi connectivity index (χ4n) is 3.28. The molecule has 1 heterocycles. The molecular formula is C20H21ClF3N3O3S. The molecule has 0 unspecified atom stereocenters. The summed E-state index contributed by atoms with van der Waals surface area (Å²) in [6, 6.07) is 11.3. The number of amides is 1. The lowest BCUT2D eigenvalue weighted by Crippen LogP contribution is -2.50. The summed E-state index contributed by atoms with van der Waals surface area (Å²) in [5, 5.41) is 2.97. The maximum Gasteiger partial charge on any atom is 0.416 e. The van der Waals surface area contributed by atoms with Gasteiger partial charge < -0.3 is 10.2 Å². The smallest absolute Gasteiger partial charge is 0.368 e. The predicted molar refractivity (Wildman–Crippen MR) is 113 cm³/mol. The van der Waals surface area contributed by atoms with Crippen molar-refractivity contribution in [2.45, 2.75) is 6.18 Å². The number of hydrogen-bond donors (Lipinski definition) is 1. The molecule has 2 aromatic carbocycles. The van der Waals surface area contributed by atoms with Gasteiger partial charge in [0.2, 0.25) is 10.0 Å². The van der Waals surface area contributed by atoms with Crippen LogP contribution in [0.3, 0.4) is 0 Å². The standard InChI is InChI=1S/C20H21ClF3N3O3S/c21-17-6-1-2-7-18(17)26-9-11-27(12-10-26)31(29,30)13-8-25-19(28)15-4-3-5-16(14-15)20(22,23)24/h1-7,14H,8-13H2,(H,25,28). The molecule has 1 N–H and O–H groups in total. The van der Waals surface area contributed by atoms with Crippen LogP contribution in [0.5, 0.6) is 0 Å². The molecule has 168 valence electrons. The van der Waals surface area contributed by atoms with Crippen molar-refractivity contribution >= 4 is 33.2 Å². The van der Waals surface area contributed by atoms with Crippen LogP contribution in [-0.2, 0) is 16.2 Å². The van der Waals surface area contributed by atoms with Gasteiger partial charge in [-0.1, -0.05) is 29.8 Å². The van der Waals surface area contributed by atoms with Gasteiger partial charge in [0.25, 0.3) is 5.91 Å². The molecule has 31 heavy (non-hydrogen) atoms. The number of carbonyl (C=O) groups excluding carboxylic acids is 1. The van der Waals surface area contributed by atoms with Crippen molar-refractivity contribution in [2.75, 3.05) is 43.4 Å². The molecule has 1 amide bonds. The molecule has 11 heteroatoms. The van der Waals surface area contributed by atoms with Crippen LogP contribution >= 0.6 is 11.6 Å². The number of piperazine rings is 1. The SMILES string of the molecule is O=C(NCCS(=O)(=O)N1CCN(c2ccccc2Cl)CC1)c1cccc(C(F)(F)F)c1. The van der Waals surface area contributed by atoms with E-state index < -0.39 is 27.7 Å². The molecule has 0 radical (unpaired) electrons. The molecular weight excluding hydrogens is 455 g/mol. The van der Waals surface area contributed by atoms with Crippen LogP contribution in [0.15, 0.2) is 48.5 Å². The van der Waals surface area contributed by atoms with Crippen molar-refractivity contribution in [3.8, 4) is 0 Å². The van der Waals surface area contributed by atoms with Gasteiger partial charge in [-0.2, -0.15) is 17.5 Å².